The summed E-state index contributed by atoms with van der Waals surface area (Å²) in [6, 6.07) is 4.36. The maximum Gasteiger partial charge on any atom is 0.275 e. The number of carbonyl (C=O) groups excluding carboxylic acids is 1. The number of amides is 1. The molecule has 0 aromatic heterocycles. The van der Waals surface area contributed by atoms with Gasteiger partial charge in [-0.3, -0.25) is 4.79 Å². The van der Waals surface area contributed by atoms with Crippen LogP contribution in [0.4, 0.5) is 0 Å². The molecule has 0 radical (unpaired) electrons. The normalized spacial score (nSPS) is 22.4. The Balaban J connectivity index is 2.13. The van der Waals surface area contributed by atoms with Gasteiger partial charge in [-0.2, -0.15) is 5.10 Å². The predicted molar refractivity (Wildman–Crippen MR) is 80.2 cm³/mol. The maximum atomic E-state index is 12.0. The number of nitrogens with one attached hydrogen (secondary N) is 1. The lowest BCUT2D eigenvalue weighted by Crippen LogP contribution is -2.29. The van der Waals surface area contributed by atoms with Gasteiger partial charge in [0, 0.05) is 10.7 Å². The van der Waals surface area contributed by atoms with E-state index in [0.717, 1.165) is 18.6 Å². The smallest absolute Gasteiger partial charge is 0.275 e. The first-order chi connectivity index (χ1) is 9.49. The van der Waals surface area contributed by atoms with Crippen molar-refractivity contribution in [1.29, 1.82) is 0 Å². The fourth-order valence-corrected chi connectivity index (χ4v) is 2.77. The van der Waals surface area contributed by atoms with Gasteiger partial charge in [0.2, 0.25) is 0 Å². The fourth-order valence-electron chi connectivity index (χ4n) is 2.60. The summed E-state index contributed by atoms with van der Waals surface area (Å²) in [6.07, 6.45) is 3.40. The number of phenols is 1. The molecule has 2 atom stereocenters. The zero-order valence-corrected chi connectivity index (χ0v) is 12.4. The van der Waals surface area contributed by atoms with Crippen molar-refractivity contribution in [3.63, 3.8) is 0 Å². The first-order valence-electron chi connectivity index (χ1n) is 6.85. The van der Waals surface area contributed by atoms with Crippen molar-refractivity contribution in [2.75, 3.05) is 0 Å². The number of hydrogen-bond donors (Lipinski definition) is 2. The summed E-state index contributed by atoms with van der Waals surface area (Å²) in [5.74, 6) is 0.221. The van der Waals surface area contributed by atoms with Gasteiger partial charge in [-0.25, -0.2) is 5.43 Å². The van der Waals surface area contributed by atoms with E-state index in [2.05, 4.69) is 24.4 Å². The molecule has 108 valence electrons. The molecular weight excluding hydrogens is 276 g/mol. The molecule has 1 aliphatic carbocycles. The molecule has 1 aliphatic rings. The summed E-state index contributed by atoms with van der Waals surface area (Å²) < 4.78 is 0. The van der Waals surface area contributed by atoms with E-state index in [4.69, 9.17) is 11.6 Å². The van der Waals surface area contributed by atoms with Crippen molar-refractivity contribution >= 4 is 23.2 Å². The highest BCUT2D eigenvalue weighted by atomic mass is 35.5. The lowest BCUT2D eigenvalue weighted by Gasteiger charge is -2.26. The molecule has 0 unspecified atom stereocenters. The van der Waals surface area contributed by atoms with Gasteiger partial charge in [-0.1, -0.05) is 31.9 Å². The molecule has 0 spiro atoms. The Labute approximate surface area is 123 Å². The molecule has 1 aromatic carbocycles. The largest absolute Gasteiger partial charge is 0.507 e. The Morgan fingerprint density at radius 3 is 2.65 bits per heavy atom. The molecule has 5 heteroatoms. The predicted octanol–water partition coefficient (Wildman–Crippen LogP) is 3.59. The van der Waals surface area contributed by atoms with Crippen LogP contribution in [0.3, 0.4) is 0 Å². The maximum absolute atomic E-state index is 12.0. The van der Waals surface area contributed by atoms with Crippen LogP contribution in [0.2, 0.25) is 5.02 Å². The first kappa shape index (κ1) is 14.9. The molecule has 1 amide bonds. The number of hydrogen-bond acceptors (Lipinski definition) is 3. The topological polar surface area (TPSA) is 61.7 Å². The van der Waals surface area contributed by atoms with E-state index in [1.54, 1.807) is 0 Å². The number of nitrogens with zero attached hydrogens (tertiary/aromatic N) is 1. The minimum absolute atomic E-state index is 0.100. The highest BCUT2D eigenvalue weighted by Crippen LogP contribution is 2.26. The number of hydrazone groups is 1. The van der Waals surface area contributed by atoms with Crippen LogP contribution in [0.15, 0.2) is 23.3 Å². The Morgan fingerprint density at radius 2 is 2.00 bits per heavy atom. The number of aromatic hydroxyl groups is 1. The molecule has 0 heterocycles. The second-order valence-corrected chi connectivity index (χ2v) is 5.81. The molecule has 0 aliphatic heterocycles. The van der Waals surface area contributed by atoms with Gasteiger partial charge in [0.05, 0.1) is 5.56 Å². The number of benzene rings is 1. The quantitative estimate of drug-likeness (QED) is 0.819. The first-order valence-corrected chi connectivity index (χ1v) is 7.23. The molecule has 4 nitrogen and oxygen atoms in total. The minimum Gasteiger partial charge on any atom is -0.507 e. The van der Waals surface area contributed by atoms with E-state index >= 15 is 0 Å². The molecule has 0 saturated heterocycles. The third-order valence-corrected chi connectivity index (χ3v) is 4.01. The van der Waals surface area contributed by atoms with Gasteiger partial charge in [-0.05, 0) is 42.9 Å². The average molecular weight is 295 g/mol. The third-order valence-electron chi connectivity index (χ3n) is 3.77. The van der Waals surface area contributed by atoms with E-state index in [-0.39, 0.29) is 11.3 Å². The third kappa shape index (κ3) is 3.31. The summed E-state index contributed by atoms with van der Waals surface area (Å²) in [6.45, 7) is 4.25. The van der Waals surface area contributed by atoms with E-state index in [1.807, 2.05) is 0 Å². The molecule has 1 aromatic rings. The lowest BCUT2D eigenvalue weighted by molar-refractivity contribution is 0.0951. The second kappa shape index (κ2) is 6.27. The highest BCUT2D eigenvalue weighted by Gasteiger charge is 2.23. The molecule has 2 N–H and O–H groups in total. The summed E-state index contributed by atoms with van der Waals surface area (Å²) in [5, 5.41) is 14.3. The fraction of sp³-hybridized carbons (Fsp3) is 0.467. The lowest BCUT2D eigenvalue weighted by atomic mass is 9.81. The summed E-state index contributed by atoms with van der Waals surface area (Å²) in [7, 11) is 0. The Bertz CT molecular complexity index is 531. The molecular formula is C15H19ClN2O2. The van der Waals surface area contributed by atoms with Crippen LogP contribution in [0.1, 0.15) is 43.5 Å². The van der Waals surface area contributed by atoms with Crippen LogP contribution in [0.5, 0.6) is 5.75 Å². The van der Waals surface area contributed by atoms with Crippen LogP contribution < -0.4 is 5.43 Å². The van der Waals surface area contributed by atoms with Crippen molar-refractivity contribution in [3.8, 4) is 5.75 Å². The summed E-state index contributed by atoms with van der Waals surface area (Å²) in [4.78, 5) is 12.0. The monoisotopic (exact) mass is 294 g/mol. The Hall–Kier alpha value is -1.55. The van der Waals surface area contributed by atoms with Crippen molar-refractivity contribution < 1.29 is 9.90 Å². The Kier molecular flexibility index (Phi) is 4.65. The average Bonchev–Trinajstić information content (AvgIpc) is 2.40. The van der Waals surface area contributed by atoms with Gasteiger partial charge in [-0.15, -0.1) is 0 Å². The van der Waals surface area contributed by atoms with Gasteiger partial charge in [0.25, 0.3) is 5.91 Å². The van der Waals surface area contributed by atoms with Gasteiger partial charge in [0.1, 0.15) is 5.75 Å². The number of rotatable bonds is 2. The summed E-state index contributed by atoms with van der Waals surface area (Å²) >= 11 is 5.83. The van der Waals surface area contributed by atoms with Gasteiger partial charge in [0.15, 0.2) is 0 Å². The van der Waals surface area contributed by atoms with Gasteiger partial charge < -0.3 is 5.11 Å². The molecule has 20 heavy (non-hydrogen) atoms. The summed E-state index contributed by atoms with van der Waals surface area (Å²) in [5.41, 5.74) is 3.68. The highest BCUT2D eigenvalue weighted by molar-refractivity contribution is 6.31. The van der Waals surface area contributed by atoms with Crippen molar-refractivity contribution in [2.45, 2.75) is 33.1 Å². The van der Waals surface area contributed by atoms with E-state index < -0.39 is 5.91 Å². The Morgan fingerprint density at radius 1 is 1.35 bits per heavy atom. The van der Waals surface area contributed by atoms with Crippen LogP contribution >= 0.6 is 11.6 Å². The van der Waals surface area contributed by atoms with Crippen LogP contribution in [0.25, 0.3) is 0 Å². The molecule has 1 saturated carbocycles. The SMILES string of the molecule is C[C@@H]1CCC[C@@H](C)C1=NNC(=O)c1cc(Cl)ccc1O. The van der Waals surface area contributed by atoms with Crippen LogP contribution in [-0.4, -0.2) is 16.7 Å². The number of phenolic OH excluding ortho intramolecular Hbond substituents is 1. The minimum atomic E-state index is -0.442. The van der Waals surface area contributed by atoms with E-state index in [9.17, 15) is 9.90 Å². The van der Waals surface area contributed by atoms with E-state index in [0.29, 0.717) is 16.9 Å². The number of carbonyl (C=O) groups is 1. The van der Waals surface area contributed by atoms with Crippen molar-refractivity contribution in [1.82, 2.24) is 5.43 Å². The number of halogens is 1. The van der Waals surface area contributed by atoms with Crippen LogP contribution in [0, 0.1) is 11.8 Å². The van der Waals surface area contributed by atoms with E-state index in [1.165, 1.54) is 24.6 Å². The van der Waals surface area contributed by atoms with Crippen LogP contribution in [-0.2, 0) is 0 Å². The zero-order valence-electron chi connectivity index (χ0n) is 11.7. The van der Waals surface area contributed by atoms with Gasteiger partial charge >= 0.3 is 0 Å². The second-order valence-electron chi connectivity index (χ2n) is 5.37. The molecule has 2 rings (SSSR count). The van der Waals surface area contributed by atoms with Crippen molar-refractivity contribution in [2.24, 2.45) is 16.9 Å². The standard InChI is InChI=1S/C15H19ClN2O2/c1-9-4-3-5-10(2)14(9)17-18-15(20)12-8-11(16)6-7-13(12)19/h6-10,19H,3-5H2,1-2H3,(H,18,20)/t9-,10-/m1/s1. The zero-order chi connectivity index (χ0) is 14.7. The molecule has 0 bridgehead atoms. The van der Waals surface area contributed by atoms with Crippen molar-refractivity contribution in [3.05, 3.63) is 28.8 Å². The molecule has 1 fully saturated rings.